The van der Waals surface area contributed by atoms with E-state index in [4.69, 9.17) is 4.74 Å². The van der Waals surface area contributed by atoms with Gasteiger partial charge in [-0.25, -0.2) is 0 Å². The van der Waals surface area contributed by atoms with Crippen molar-refractivity contribution in [2.45, 2.75) is 12.8 Å². The average molecular weight is 312 g/mol. The summed E-state index contributed by atoms with van der Waals surface area (Å²) in [4.78, 5) is 10.7. The Balaban J connectivity index is 1.84. The van der Waals surface area contributed by atoms with Crippen molar-refractivity contribution in [2.24, 2.45) is 5.92 Å². The van der Waals surface area contributed by atoms with Crippen molar-refractivity contribution in [3.05, 3.63) is 58.6 Å². The molecule has 0 radical (unpaired) electrons. The third-order valence-electron chi connectivity index (χ3n) is 4.13. The molecule has 5 nitrogen and oxygen atoms in total. The summed E-state index contributed by atoms with van der Waals surface area (Å²) < 4.78 is 6.00. The quantitative estimate of drug-likeness (QED) is 0.676. The lowest BCUT2D eigenvalue weighted by Crippen LogP contribution is -2.33. The number of nitro benzene ring substituents is 1. The molecule has 3 rings (SSSR count). The molecular formula is C18H20N2O3. The molecule has 2 aromatic carbocycles. The number of nitro groups is 1. The minimum Gasteiger partial charge on any atom is -0.493 e. The standard InChI is InChI=1S/C18H20N2O3/c21-20(22)16-8-9-18(23-13-14-5-4-10-19-12-14)17(11-16)15-6-2-1-3-7-15/h1-3,6-9,11,14,19H,4-5,10,12-13H2. The number of hydrogen-bond acceptors (Lipinski definition) is 4. The highest BCUT2D eigenvalue weighted by Gasteiger charge is 2.17. The Morgan fingerprint density at radius 2 is 2.04 bits per heavy atom. The van der Waals surface area contributed by atoms with Gasteiger partial charge in [0.05, 0.1) is 11.5 Å². The van der Waals surface area contributed by atoms with Crippen LogP contribution in [0.3, 0.4) is 0 Å². The summed E-state index contributed by atoms with van der Waals surface area (Å²) in [7, 11) is 0. The number of benzene rings is 2. The molecule has 1 N–H and O–H groups in total. The smallest absolute Gasteiger partial charge is 0.270 e. The molecule has 23 heavy (non-hydrogen) atoms. The highest BCUT2D eigenvalue weighted by Crippen LogP contribution is 2.33. The third-order valence-corrected chi connectivity index (χ3v) is 4.13. The van der Waals surface area contributed by atoms with Gasteiger partial charge in [-0.1, -0.05) is 30.3 Å². The molecular weight excluding hydrogens is 292 g/mol. The van der Waals surface area contributed by atoms with Crippen LogP contribution in [0.2, 0.25) is 0 Å². The lowest BCUT2D eigenvalue weighted by Gasteiger charge is -2.23. The number of non-ortho nitro benzene ring substituents is 1. The molecule has 1 fully saturated rings. The van der Waals surface area contributed by atoms with Gasteiger partial charge in [0.1, 0.15) is 5.75 Å². The van der Waals surface area contributed by atoms with Gasteiger partial charge in [-0.3, -0.25) is 10.1 Å². The summed E-state index contributed by atoms with van der Waals surface area (Å²) in [5.41, 5.74) is 1.77. The van der Waals surface area contributed by atoms with Gasteiger partial charge in [0.15, 0.2) is 0 Å². The monoisotopic (exact) mass is 312 g/mol. The Morgan fingerprint density at radius 1 is 1.22 bits per heavy atom. The first-order valence-electron chi connectivity index (χ1n) is 7.91. The molecule has 0 aromatic heterocycles. The molecule has 0 aliphatic carbocycles. The second kappa shape index (κ2) is 7.24. The molecule has 2 aromatic rings. The first-order valence-corrected chi connectivity index (χ1v) is 7.91. The second-order valence-electron chi connectivity index (χ2n) is 5.83. The number of ether oxygens (including phenoxy) is 1. The van der Waals surface area contributed by atoms with Crippen LogP contribution in [0.25, 0.3) is 11.1 Å². The van der Waals surface area contributed by atoms with Crippen molar-refractivity contribution >= 4 is 5.69 Å². The number of piperidine rings is 1. The zero-order valence-electron chi connectivity index (χ0n) is 12.9. The Bertz CT molecular complexity index is 667. The van der Waals surface area contributed by atoms with Crippen LogP contribution in [0.5, 0.6) is 5.75 Å². The highest BCUT2D eigenvalue weighted by molar-refractivity contribution is 5.72. The first kappa shape index (κ1) is 15.5. The predicted octanol–water partition coefficient (Wildman–Crippen LogP) is 3.64. The van der Waals surface area contributed by atoms with Gasteiger partial charge >= 0.3 is 0 Å². The Hall–Kier alpha value is -2.40. The molecule has 5 heteroatoms. The molecule has 120 valence electrons. The van der Waals surface area contributed by atoms with E-state index in [1.165, 1.54) is 12.5 Å². The number of rotatable bonds is 5. The number of nitrogens with one attached hydrogen (secondary N) is 1. The fraction of sp³-hybridized carbons (Fsp3) is 0.333. The van der Waals surface area contributed by atoms with Gasteiger partial charge < -0.3 is 10.1 Å². The fourth-order valence-electron chi connectivity index (χ4n) is 2.87. The van der Waals surface area contributed by atoms with Crippen molar-refractivity contribution in [1.82, 2.24) is 5.32 Å². The Kier molecular flexibility index (Phi) is 4.88. The van der Waals surface area contributed by atoms with Crippen molar-refractivity contribution in [3.63, 3.8) is 0 Å². The van der Waals surface area contributed by atoms with Crippen LogP contribution in [0.1, 0.15) is 12.8 Å². The third kappa shape index (κ3) is 3.87. The van der Waals surface area contributed by atoms with Gasteiger partial charge in [0.25, 0.3) is 5.69 Å². The molecule has 1 aliphatic rings. The molecule has 0 saturated carbocycles. The molecule has 1 unspecified atom stereocenters. The average Bonchev–Trinajstić information content (AvgIpc) is 2.61. The van der Waals surface area contributed by atoms with Crippen molar-refractivity contribution in [3.8, 4) is 16.9 Å². The summed E-state index contributed by atoms with van der Waals surface area (Å²) in [6, 6.07) is 14.4. The highest BCUT2D eigenvalue weighted by atomic mass is 16.6. The van der Waals surface area contributed by atoms with E-state index >= 15 is 0 Å². The first-order chi connectivity index (χ1) is 11.2. The van der Waals surface area contributed by atoms with Crippen LogP contribution in [-0.4, -0.2) is 24.6 Å². The Labute approximate surface area is 135 Å². The van der Waals surface area contributed by atoms with Crippen LogP contribution < -0.4 is 10.1 Å². The van der Waals surface area contributed by atoms with E-state index in [0.717, 1.165) is 30.6 Å². The van der Waals surface area contributed by atoms with Gasteiger partial charge in [-0.05, 0) is 31.0 Å². The van der Waals surface area contributed by atoms with Crippen molar-refractivity contribution in [2.75, 3.05) is 19.7 Å². The minimum absolute atomic E-state index is 0.0792. The molecule has 1 saturated heterocycles. The molecule has 1 aliphatic heterocycles. The van der Waals surface area contributed by atoms with E-state index in [1.807, 2.05) is 30.3 Å². The lowest BCUT2D eigenvalue weighted by atomic mass is 10.0. The predicted molar refractivity (Wildman–Crippen MR) is 89.6 cm³/mol. The zero-order valence-corrected chi connectivity index (χ0v) is 12.9. The lowest BCUT2D eigenvalue weighted by molar-refractivity contribution is -0.384. The summed E-state index contributed by atoms with van der Waals surface area (Å²) >= 11 is 0. The maximum atomic E-state index is 11.1. The van der Waals surface area contributed by atoms with E-state index in [2.05, 4.69) is 5.32 Å². The van der Waals surface area contributed by atoms with Gasteiger partial charge in [0.2, 0.25) is 0 Å². The van der Waals surface area contributed by atoms with E-state index in [1.54, 1.807) is 12.1 Å². The van der Waals surface area contributed by atoms with Crippen molar-refractivity contribution in [1.29, 1.82) is 0 Å². The second-order valence-corrected chi connectivity index (χ2v) is 5.83. The van der Waals surface area contributed by atoms with Gasteiger partial charge in [-0.15, -0.1) is 0 Å². The molecule has 1 heterocycles. The molecule has 0 amide bonds. The van der Waals surface area contributed by atoms with Crippen LogP contribution in [0.4, 0.5) is 5.69 Å². The van der Waals surface area contributed by atoms with Crippen LogP contribution in [0.15, 0.2) is 48.5 Å². The maximum absolute atomic E-state index is 11.1. The summed E-state index contributed by atoms with van der Waals surface area (Å²) in [6.07, 6.45) is 2.32. The van der Waals surface area contributed by atoms with Crippen LogP contribution in [0, 0.1) is 16.0 Å². The van der Waals surface area contributed by atoms with E-state index < -0.39 is 0 Å². The topological polar surface area (TPSA) is 64.4 Å². The van der Waals surface area contributed by atoms with E-state index in [0.29, 0.717) is 18.3 Å². The molecule has 0 bridgehead atoms. The maximum Gasteiger partial charge on any atom is 0.270 e. The van der Waals surface area contributed by atoms with Crippen LogP contribution in [-0.2, 0) is 0 Å². The largest absolute Gasteiger partial charge is 0.493 e. The van der Waals surface area contributed by atoms with E-state index in [9.17, 15) is 10.1 Å². The molecule has 1 atom stereocenters. The minimum atomic E-state index is -0.374. The number of nitrogens with zero attached hydrogens (tertiary/aromatic N) is 1. The summed E-state index contributed by atoms with van der Waals surface area (Å²) in [5.74, 6) is 1.19. The molecule has 0 spiro atoms. The fourth-order valence-corrected chi connectivity index (χ4v) is 2.87. The van der Waals surface area contributed by atoms with Gasteiger partial charge in [-0.2, -0.15) is 0 Å². The van der Waals surface area contributed by atoms with Gasteiger partial charge in [0, 0.05) is 30.2 Å². The zero-order chi connectivity index (χ0) is 16.1. The van der Waals surface area contributed by atoms with Crippen molar-refractivity contribution < 1.29 is 9.66 Å². The van der Waals surface area contributed by atoms with E-state index in [-0.39, 0.29) is 10.6 Å². The normalized spacial score (nSPS) is 17.7. The SMILES string of the molecule is O=[N+]([O-])c1ccc(OCC2CCCNC2)c(-c2ccccc2)c1. The Morgan fingerprint density at radius 3 is 2.74 bits per heavy atom. The summed E-state index contributed by atoms with van der Waals surface area (Å²) in [5, 5.41) is 14.4. The summed E-state index contributed by atoms with van der Waals surface area (Å²) in [6.45, 7) is 2.67. The number of hydrogen-bond donors (Lipinski definition) is 1. The van der Waals surface area contributed by atoms with Crippen LogP contribution >= 0.6 is 0 Å².